The average molecular weight is 314 g/mol. The molecule has 0 aliphatic heterocycles. The van der Waals surface area contributed by atoms with Gasteiger partial charge in [-0.3, -0.25) is 9.59 Å². The van der Waals surface area contributed by atoms with Crippen molar-refractivity contribution >= 4 is 23.2 Å². The van der Waals surface area contributed by atoms with E-state index in [4.69, 9.17) is 0 Å². The number of anilines is 2. The third-order valence-corrected chi connectivity index (χ3v) is 3.45. The molecule has 2 N–H and O–H groups in total. The van der Waals surface area contributed by atoms with Gasteiger partial charge in [-0.15, -0.1) is 0 Å². The predicted molar refractivity (Wildman–Crippen MR) is 88.8 cm³/mol. The molecule has 4 nitrogen and oxygen atoms in total. The number of nitrogens with one attached hydrogen (secondary N) is 2. The third-order valence-electron chi connectivity index (χ3n) is 3.45. The lowest BCUT2D eigenvalue weighted by atomic mass is 10.1. The molecule has 23 heavy (non-hydrogen) atoms. The summed E-state index contributed by atoms with van der Waals surface area (Å²) in [5.41, 5.74) is 2.54. The van der Waals surface area contributed by atoms with Gasteiger partial charge in [0.25, 0.3) is 0 Å². The van der Waals surface area contributed by atoms with Crippen molar-refractivity contribution in [1.82, 2.24) is 0 Å². The number of hydrogen-bond acceptors (Lipinski definition) is 2. The van der Waals surface area contributed by atoms with E-state index in [1.807, 2.05) is 25.1 Å². The molecule has 0 saturated carbocycles. The van der Waals surface area contributed by atoms with Crippen molar-refractivity contribution in [1.29, 1.82) is 0 Å². The Balaban J connectivity index is 1.94. The first kappa shape index (κ1) is 16.7. The molecule has 2 aromatic rings. The molecule has 2 aromatic carbocycles. The zero-order valence-electron chi connectivity index (χ0n) is 13.2. The van der Waals surface area contributed by atoms with Gasteiger partial charge in [-0.25, -0.2) is 4.39 Å². The fourth-order valence-electron chi connectivity index (χ4n) is 2.17. The highest BCUT2D eigenvalue weighted by Gasteiger charge is 2.12. The fraction of sp³-hybridized carbons (Fsp3) is 0.222. The zero-order valence-corrected chi connectivity index (χ0v) is 13.2. The quantitative estimate of drug-likeness (QED) is 0.827. The Morgan fingerprint density at radius 3 is 2.43 bits per heavy atom. The number of carbonyl (C=O) groups excluding carboxylic acids is 2. The van der Waals surface area contributed by atoms with Gasteiger partial charge < -0.3 is 10.6 Å². The van der Waals surface area contributed by atoms with Gasteiger partial charge in [0.2, 0.25) is 11.8 Å². The second-order valence-electron chi connectivity index (χ2n) is 5.25. The van der Waals surface area contributed by atoms with E-state index in [0.717, 1.165) is 12.0 Å². The molecule has 5 heteroatoms. The van der Waals surface area contributed by atoms with Crippen molar-refractivity contribution < 1.29 is 14.0 Å². The highest BCUT2D eigenvalue weighted by molar-refractivity contribution is 6.08. The lowest BCUT2D eigenvalue weighted by molar-refractivity contribution is -0.123. The van der Waals surface area contributed by atoms with Crippen molar-refractivity contribution in [3.63, 3.8) is 0 Å². The van der Waals surface area contributed by atoms with Crippen LogP contribution >= 0.6 is 0 Å². The summed E-state index contributed by atoms with van der Waals surface area (Å²) in [6.07, 6.45) is 0.457. The Hall–Kier alpha value is -2.69. The van der Waals surface area contributed by atoms with Crippen molar-refractivity contribution in [2.24, 2.45) is 0 Å². The second-order valence-corrected chi connectivity index (χ2v) is 5.25. The minimum absolute atomic E-state index is 0.326. The maximum Gasteiger partial charge on any atom is 0.233 e. The number of aryl methyl sites for hydroxylation is 2. The van der Waals surface area contributed by atoms with Gasteiger partial charge in [0.15, 0.2) is 0 Å². The summed E-state index contributed by atoms with van der Waals surface area (Å²) in [7, 11) is 0. The lowest BCUT2D eigenvalue weighted by Gasteiger charge is -2.10. The van der Waals surface area contributed by atoms with Crippen molar-refractivity contribution in [2.75, 3.05) is 10.6 Å². The van der Waals surface area contributed by atoms with Crippen molar-refractivity contribution in [3.8, 4) is 0 Å². The number of hydrogen-bond donors (Lipinski definition) is 2. The molecule has 2 rings (SSSR count). The molecule has 0 unspecified atom stereocenters. The molecule has 0 aliphatic rings. The van der Waals surface area contributed by atoms with Crippen LogP contribution in [0, 0.1) is 12.7 Å². The van der Waals surface area contributed by atoms with Crippen LogP contribution in [-0.2, 0) is 16.0 Å². The predicted octanol–water partition coefficient (Wildman–Crippen LogP) is 3.66. The lowest BCUT2D eigenvalue weighted by Crippen LogP contribution is -2.22. The number of benzene rings is 2. The van der Waals surface area contributed by atoms with Gasteiger partial charge in [-0.05, 0) is 42.7 Å². The van der Waals surface area contributed by atoms with Crippen LogP contribution in [0.3, 0.4) is 0 Å². The first-order chi connectivity index (χ1) is 11.0. The second kappa shape index (κ2) is 7.54. The Labute approximate surface area is 134 Å². The highest BCUT2D eigenvalue weighted by atomic mass is 19.1. The van der Waals surface area contributed by atoms with Crippen LogP contribution < -0.4 is 10.6 Å². The van der Waals surface area contributed by atoms with Gasteiger partial charge in [0, 0.05) is 11.4 Å². The van der Waals surface area contributed by atoms with Gasteiger partial charge in [0.05, 0.1) is 0 Å². The normalized spacial score (nSPS) is 10.2. The van der Waals surface area contributed by atoms with E-state index in [1.54, 1.807) is 25.1 Å². The standard InChI is InChI=1S/C18H19FN2O2/c1-3-13-6-4-5-7-16(13)21-18(23)11-17(22)20-14-9-8-12(2)15(19)10-14/h4-10H,3,11H2,1-2H3,(H,20,22)(H,21,23). The van der Waals surface area contributed by atoms with E-state index in [9.17, 15) is 14.0 Å². The average Bonchev–Trinajstić information content (AvgIpc) is 2.51. The van der Waals surface area contributed by atoms with Gasteiger partial charge in [0.1, 0.15) is 12.2 Å². The summed E-state index contributed by atoms with van der Waals surface area (Å²) in [5.74, 6) is -1.29. The van der Waals surface area contributed by atoms with E-state index in [0.29, 0.717) is 16.9 Å². The van der Waals surface area contributed by atoms with Crippen LogP contribution in [0.4, 0.5) is 15.8 Å². The minimum Gasteiger partial charge on any atom is -0.326 e. The number of rotatable bonds is 5. The zero-order chi connectivity index (χ0) is 16.8. The van der Waals surface area contributed by atoms with Crippen molar-refractivity contribution in [3.05, 3.63) is 59.4 Å². The van der Waals surface area contributed by atoms with Crippen LogP contribution in [0.5, 0.6) is 0 Å². The van der Waals surface area contributed by atoms with E-state index in [-0.39, 0.29) is 6.42 Å². The Morgan fingerprint density at radius 1 is 1.04 bits per heavy atom. The van der Waals surface area contributed by atoms with Gasteiger partial charge in [-0.2, -0.15) is 0 Å². The summed E-state index contributed by atoms with van der Waals surface area (Å²) in [5, 5.41) is 5.24. The number of carbonyl (C=O) groups is 2. The van der Waals surface area contributed by atoms with E-state index in [1.165, 1.54) is 6.07 Å². The molecule has 0 saturated heterocycles. The number of halogens is 1. The summed E-state index contributed by atoms with van der Waals surface area (Å²) in [6.45, 7) is 3.63. The molecule has 2 amide bonds. The molecule has 0 radical (unpaired) electrons. The first-order valence-electron chi connectivity index (χ1n) is 7.43. The summed E-state index contributed by atoms with van der Waals surface area (Å²) in [6, 6.07) is 11.8. The molecule has 0 fully saturated rings. The molecule has 0 aliphatic carbocycles. The summed E-state index contributed by atoms with van der Waals surface area (Å²) >= 11 is 0. The maximum absolute atomic E-state index is 13.4. The smallest absolute Gasteiger partial charge is 0.233 e. The third kappa shape index (κ3) is 4.64. The number of para-hydroxylation sites is 1. The summed E-state index contributed by atoms with van der Waals surface area (Å²) < 4.78 is 13.4. The molecule has 120 valence electrons. The molecule has 0 aromatic heterocycles. The van der Waals surface area contributed by atoms with E-state index in [2.05, 4.69) is 10.6 Å². The molecule has 0 atom stereocenters. The van der Waals surface area contributed by atoms with Crippen LogP contribution in [0.1, 0.15) is 24.5 Å². The van der Waals surface area contributed by atoms with Crippen LogP contribution in [0.25, 0.3) is 0 Å². The monoisotopic (exact) mass is 314 g/mol. The first-order valence-corrected chi connectivity index (χ1v) is 7.43. The Morgan fingerprint density at radius 2 is 1.74 bits per heavy atom. The number of amides is 2. The minimum atomic E-state index is -0.486. The summed E-state index contributed by atoms with van der Waals surface area (Å²) in [4.78, 5) is 23.8. The van der Waals surface area contributed by atoms with E-state index < -0.39 is 17.6 Å². The molecular formula is C18H19FN2O2. The highest BCUT2D eigenvalue weighted by Crippen LogP contribution is 2.16. The van der Waals surface area contributed by atoms with Crippen LogP contribution in [-0.4, -0.2) is 11.8 Å². The van der Waals surface area contributed by atoms with Crippen molar-refractivity contribution in [2.45, 2.75) is 26.7 Å². The molecular weight excluding hydrogens is 295 g/mol. The van der Waals surface area contributed by atoms with Crippen LogP contribution in [0.15, 0.2) is 42.5 Å². The SMILES string of the molecule is CCc1ccccc1NC(=O)CC(=O)Nc1ccc(C)c(F)c1. The topological polar surface area (TPSA) is 58.2 Å². The van der Waals surface area contributed by atoms with Gasteiger partial charge >= 0.3 is 0 Å². The Kier molecular flexibility index (Phi) is 5.46. The maximum atomic E-state index is 13.4. The molecule has 0 spiro atoms. The van der Waals surface area contributed by atoms with E-state index >= 15 is 0 Å². The molecule has 0 bridgehead atoms. The molecule has 0 heterocycles. The largest absolute Gasteiger partial charge is 0.326 e. The van der Waals surface area contributed by atoms with Crippen LogP contribution in [0.2, 0.25) is 0 Å². The fourth-order valence-corrected chi connectivity index (χ4v) is 2.17. The Bertz CT molecular complexity index is 729. The van der Waals surface area contributed by atoms with Gasteiger partial charge in [-0.1, -0.05) is 31.2 Å².